The summed E-state index contributed by atoms with van der Waals surface area (Å²) in [6.07, 6.45) is -4.37. The minimum Gasteiger partial charge on any atom is -0.379 e. The van der Waals surface area contributed by atoms with Crippen molar-refractivity contribution in [1.82, 2.24) is 10.2 Å². The van der Waals surface area contributed by atoms with Crippen LogP contribution in [-0.4, -0.2) is 37.1 Å². The highest BCUT2D eigenvalue weighted by Gasteiger charge is 2.30. The van der Waals surface area contributed by atoms with E-state index in [2.05, 4.69) is 34.5 Å². The number of rotatable bonds is 6. The van der Waals surface area contributed by atoms with Gasteiger partial charge in [-0.25, -0.2) is 0 Å². The largest absolute Gasteiger partial charge is 0.416 e. The van der Waals surface area contributed by atoms with Gasteiger partial charge in [-0.1, -0.05) is 54.6 Å². The molecule has 0 bridgehead atoms. The summed E-state index contributed by atoms with van der Waals surface area (Å²) in [6.45, 7) is 4.71. The average molecular weight is 505 g/mol. The molecule has 4 aromatic rings. The first kappa shape index (κ1) is 25.0. The van der Waals surface area contributed by atoms with E-state index in [1.807, 2.05) is 12.1 Å². The molecule has 7 heteroatoms. The first-order valence-corrected chi connectivity index (χ1v) is 12.2. The summed E-state index contributed by atoms with van der Waals surface area (Å²) in [4.78, 5) is 15.2. The van der Waals surface area contributed by atoms with Crippen LogP contribution in [0, 0.1) is 0 Å². The van der Waals surface area contributed by atoms with Gasteiger partial charge in [-0.15, -0.1) is 0 Å². The topological polar surface area (TPSA) is 41.6 Å². The first-order valence-electron chi connectivity index (χ1n) is 12.2. The third-order valence-electron chi connectivity index (χ3n) is 6.68. The lowest BCUT2D eigenvalue weighted by Gasteiger charge is -2.26. The molecule has 0 radical (unpaired) electrons. The maximum absolute atomic E-state index is 12.8. The number of carbonyl (C=O) groups is 1. The van der Waals surface area contributed by atoms with Gasteiger partial charge in [-0.2, -0.15) is 13.2 Å². The maximum atomic E-state index is 12.8. The number of fused-ring (bicyclic) bond motifs is 1. The van der Waals surface area contributed by atoms with Crippen molar-refractivity contribution in [3.8, 4) is 11.1 Å². The van der Waals surface area contributed by atoms with Gasteiger partial charge in [0.05, 0.1) is 18.8 Å². The van der Waals surface area contributed by atoms with Gasteiger partial charge in [0, 0.05) is 31.7 Å². The molecule has 0 unspecified atom stereocenters. The summed E-state index contributed by atoms with van der Waals surface area (Å²) in [5, 5.41) is 5.23. The molecule has 0 atom stereocenters. The van der Waals surface area contributed by atoms with Crippen molar-refractivity contribution in [3.05, 3.63) is 107 Å². The Balaban J connectivity index is 1.23. The Bertz CT molecular complexity index is 1380. The monoisotopic (exact) mass is 504 g/mol. The average Bonchev–Trinajstić information content (AvgIpc) is 2.92. The Labute approximate surface area is 213 Å². The molecule has 4 aromatic carbocycles. The lowest BCUT2D eigenvalue weighted by atomic mass is 10.0. The van der Waals surface area contributed by atoms with Crippen molar-refractivity contribution in [2.45, 2.75) is 19.3 Å². The highest BCUT2D eigenvalue weighted by molar-refractivity contribution is 5.95. The van der Waals surface area contributed by atoms with Gasteiger partial charge in [-0.05, 0) is 63.4 Å². The summed E-state index contributed by atoms with van der Waals surface area (Å²) in [7, 11) is 0. The standard InChI is InChI=1S/C30H27F3N2O2/c31-30(32,33)27-11-9-23(10-12-27)22-5-7-24(8-6-22)29(36)34-19-26-3-1-2-25-18-21(4-13-28(25)26)20-35-14-16-37-17-15-35/h1-13,18H,14-17,19-20H2,(H,34,36). The fraction of sp³-hybridized carbons (Fsp3) is 0.233. The maximum Gasteiger partial charge on any atom is 0.416 e. The van der Waals surface area contributed by atoms with Crippen molar-refractivity contribution in [3.63, 3.8) is 0 Å². The highest BCUT2D eigenvalue weighted by atomic mass is 19.4. The van der Waals surface area contributed by atoms with Crippen LogP contribution in [0.2, 0.25) is 0 Å². The number of hydrogen-bond donors (Lipinski definition) is 1. The molecule has 1 saturated heterocycles. The number of amides is 1. The number of ether oxygens (including phenoxy) is 1. The smallest absolute Gasteiger partial charge is 0.379 e. The van der Waals surface area contributed by atoms with Crippen molar-refractivity contribution in [2.75, 3.05) is 26.3 Å². The molecular formula is C30H27F3N2O2. The lowest BCUT2D eigenvalue weighted by molar-refractivity contribution is -0.137. The fourth-order valence-electron chi connectivity index (χ4n) is 4.61. The van der Waals surface area contributed by atoms with Crippen LogP contribution in [0.1, 0.15) is 27.0 Å². The van der Waals surface area contributed by atoms with E-state index in [0.717, 1.165) is 66.9 Å². The Kier molecular flexibility index (Phi) is 7.26. The second-order valence-corrected chi connectivity index (χ2v) is 9.20. The van der Waals surface area contributed by atoms with Gasteiger partial charge in [0.25, 0.3) is 5.91 Å². The van der Waals surface area contributed by atoms with E-state index in [-0.39, 0.29) is 5.91 Å². The van der Waals surface area contributed by atoms with Gasteiger partial charge in [-0.3, -0.25) is 9.69 Å². The third kappa shape index (κ3) is 6.01. The van der Waals surface area contributed by atoms with E-state index in [1.54, 1.807) is 24.3 Å². The van der Waals surface area contributed by atoms with E-state index in [9.17, 15) is 18.0 Å². The van der Waals surface area contributed by atoms with Gasteiger partial charge in [0.2, 0.25) is 0 Å². The molecule has 4 nitrogen and oxygen atoms in total. The van der Waals surface area contributed by atoms with Crippen LogP contribution in [-0.2, 0) is 24.0 Å². The van der Waals surface area contributed by atoms with Crippen LogP contribution in [0.5, 0.6) is 0 Å². The predicted molar refractivity (Wildman–Crippen MR) is 138 cm³/mol. The van der Waals surface area contributed by atoms with E-state index in [0.29, 0.717) is 17.7 Å². The number of carbonyl (C=O) groups excluding carboxylic acids is 1. The molecule has 0 spiro atoms. The van der Waals surface area contributed by atoms with Gasteiger partial charge < -0.3 is 10.1 Å². The Morgan fingerprint density at radius 3 is 2.22 bits per heavy atom. The lowest BCUT2D eigenvalue weighted by Crippen LogP contribution is -2.35. The summed E-state index contributed by atoms with van der Waals surface area (Å²) in [5.41, 5.74) is 3.49. The highest BCUT2D eigenvalue weighted by Crippen LogP contribution is 2.31. The van der Waals surface area contributed by atoms with Crippen LogP contribution in [0.4, 0.5) is 13.2 Å². The Morgan fingerprint density at radius 1 is 0.865 bits per heavy atom. The number of halogens is 3. The quantitative estimate of drug-likeness (QED) is 0.336. The normalized spacial score (nSPS) is 14.6. The van der Waals surface area contributed by atoms with Gasteiger partial charge >= 0.3 is 6.18 Å². The molecule has 1 amide bonds. The number of hydrogen-bond acceptors (Lipinski definition) is 3. The van der Waals surface area contributed by atoms with Crippen LogP contribution in [0.15, 0.2) is 84.9 Å². The summed E-state index contributed by atoms with van der Waals surface area (Å²) >= 11 is 0. The minimum absolute atomic E-state index is 0.208. The van der Waals surface area contributed by atoms with Crippen LogP contribution in [0.3, 0.4) is 0 Å². The van der Waals surface area contributed by atoms with Crippen LogP contribution in [0.25, 0.3) is 21.9 Å². The van der Waals surface area contributed by atoms with E-state index in [1.165, 1.54) is 17.7 Å². The zero-order chi connectivity index (χ0) is 25.8. The molecule has 0 aromatic heterocycles. The fourth-order valence-corrected chi connectivity index (χ4v) is 4.61. The van der Waals surface area contributed by atoms with Crippen LogP contribution < -0.4 is 5.32 Å². The number of morpholine rings is 1. The van der Waals surface area contributed by atoms with Crippen molar-refractivity contribution in [1.29, 1.82) is 0 Å². The van der Waals surface area contributed by atoms with Crippen molar-refractivity contribution >= 4 is 16.7 Å². The van der Waals surface area contributed by atoms with Crippen molar-refractivity contribution < 1.29 is 22.7 Å². The number of benzene rings is 4. The third-order valence-corrected chi connectivity index (χ3v) is 6.68. The summed E-state index contributed by atoms with van der Waals surface area (Å²) in [5.74, 6) is -0.208. The molecule has 1 aliphatic rings. The minimum atomic E-state index is -4.37. The number of nitrogens with one attached hydrogen (secondary N) is 1. The Hall–Kier alpha value is -3.68. The molecule has 1 heterocycles. The van der Waals surface area contributed by atoms with E-state index in [4.69, 9.17) is 4.74 Å². The molecule has 1 aliphatic heterocycles. The molecular weight excluding hydrogens is 477 g/mol. The molecule has 1 fully saturated rings. The predicted octanol–water partition coefficient (Wildman–Crippen LogP) is 6.29. The molecule has 190 valence electrons. The van der Waals surface area contributed by atoms with E-state index < -0.39 is 11.7 Å². The molecule has 5 rings (SSSR count). The van der Waals surface area contributed by atoms with E-state index >= 15 is 0 Å². The zero-order valence-electron chi connectivity index (χ0n) is 20.2. The van der Waals surface area contributed by atoms with Crippen LogP contribution >= 0.6 is 0 Å². The second-order valence-electron chi connectivity index (χ2n) is 9.20. The molecule has 37 heavy (non-hydrogen) atoms. The molecule has 0 aliphatic carbocycles. The summed E-state index contributed by atoms with van der Waals surface area (Å²) < 4.78 is 43.8. The molecule has 0 saturated carbocycles. The summed E-state index contributed by atoms with van der Waals surface area (Å²) in [6, 6.07) is 24.4. The number of nitrogens with zero attached hydrogens (tertiary/aromatic N) is 1. The Morgan fingerprint density at radius 2 is 1.54 bits per heavy atom. The first-order chi connectivity index (χ1) is 17.9. The second kappa shape index (κ2) is 10.7. The van der Waals surface area contributed by atoms with Crippen molar-refractivity contribution in [2.24, 2.45) is 0 Å². The zero-order valence-corrected chi connectivity index (χ0v) is 20.2. The van der Waals surface area contributed by atoms with Gasteiger partial charge in [0.15, 0.2) is 0 Å². The van der Waals surface area contributed by atoms with Gasteiger partial charge in [0.1, 0.15) is 0 Å². The number of alkyl halides is 3. The molecule has 1 N–H and O–H groups in total. The SMILES string of the molecule is O=C(NCc1cccc2cc(CN3CCOCC3)ccc12)c1ccc(-c2ccc(C(F)(F)F)cc2)cc1.